The van der Waals surface area contributed by atoms with Gasteiger partial charge in [-0.2, -0.15) is 0 Å². The van der Waals surface area contributed by atoms with Crippen molar-refractivity contribution < 1.29 is 0 Å². The summed E-state index contributed by atoms with van der Waals surface area (Å²) in [7, 11) is 2.06. The van der Waals surface area contributed by atoms with Crippen LogP contribution in [-0.4, -0.2) is 18.1 Å². The van der Waals surface area contributed by atoms with E-state index in [-0.39, 0.29) is 0 Å². The Bertz CT molecular complexity index is 305. The molecule has 0 amide bonds. The lowest BCUT2D eigenvalue weighted by atomic mass is 10.0. The van der Waals surface area contributed by atoms with E-state index in [0.29, 0.717) is 6.04 Å². The van der Waals surface area contributed by atoms with Crippen LogP contribution in [0.3, 0.4) is 0 Å². The molecule has 0 aromatic carbocycles. The largest absolute Gasteiger partial charge is 0.317 e. The molecular formula is C16H28N2. The first-order valence-electron chi connectivity index (χ1n) is 7.35. The maximum absolute atomic E-state index is 4.48. The number of aryl methyl sites for hydroxylation is 1. The molecule has 0 fully saturated rings. The summed E-state index contributed by atoms with van der Waals surface area (Å²) >= 11 is 0. The highest BCUT2D eigenvalue weighted by atomic mass is 14.9. The van der Waals surface area contributed by atoms with Gasteiger partial charge >= 0.3 is 0 Å². The van der Waals surface area contributed by atoms with Crippen LogP contribution in [0.15, 0.2) is 18.3 Å². The zero-order valence-corrected chi connectivity index (χ0v) is 12.2. The summed E-state index contributed by atoms with van der Waals surface area (Å²) in [5, 5.41) is 3.42. The zero-order chi connectivity index (χ0) is 13.2. The van der Waals surface area contributed by atoms with Crippen molar-refractivity contribution in [3.63, 3.8) is 0 Å². The standard InChI is InChI=1S/C16H28N2/c1-4-5-6-7-8-9-15(17-3)12-16-11-10-14(2)13-18-16/h10-11,13,15,17H,4-9,12H2,1-3H3. The van der Waals surface area contributed by atoms with Gasteiger partial charge in [-0.05, 0) is 32.0 Å². The van der Waals surface area contributed by atoms with Gasteiger partial charge in [-0.15, -0.1) is 0 Å². The van der Waals surface area contributed by atoms with Crippen molar-refractivity contribution in [1.82, 2.24) is 10.3 Å². The van der Waals surface area contributed by atoms with Crippen LogP contribution in [0.5, 0.6) is 0 Å². The van der Waals surface area contributed by atoms with Crippen LogP contribution >= 0.6 is 0 Å². The molecule has 1 aromatic heterocycles. The molecule has 0 radical (unpaired) electrons. The van der Waals surface area contributed by atoms with Crippen LogP contribution in [0.2, 0.25) is 0 Å². The van der Waals surface area contributed by atoms with E-state index < -0.39 is 0 Å². The minimum Gasteiger partial charge on any atom is -0.317 e. The fraction of sp³-hybridized carbons (Fsp3) is 0.688. The van der Waals surface area contributed by atoms with Crippen LogP contribution in [0, 0.1) is 6.92 Å². The highest BCUT2D eigenvalue weighted by Gasteiger charge is 2.07. The van der Waals surface area contributed by atoms with Gasteiger partial charge < -0.3 is 5.32 Å². The van der Waals surface area contributed by atoms with Gasteiger partial charge in [0, 0.05) is 24.4 Å². The fourth-order valence-electron chi connectivity index (χ4n) is 2.21. The number of nitrogens with one attached hydrogen (secondary N) is 1. The van der Waals surface area contributed by atoms with Crippen molar-refractivity contribution in [3.05, 3.63) is 29.6 Å². The van der Waals surface area contributed by atoms with Crippen molar-refractivity contribution in [1.29, 1.82) is 0 Å². The van der Waals surface area contributed by atoms with E-state index in [4.69, 9.17) is 0 Å². The number of aromatic nitrogens is 1. The van der Waals surface area contributed by atoms with E-state index in [0.717, 1.165) is 6.42 Å². The molecule has 1 atom stereocenters. The summed E-state index contributed by atoms with van der Waals surface area (Å²) in [4.78, 5) is 4.48. The van der Waals surface area contributed by atoms with Gasteiger partial charge in [0.1, 0.15) is 0 Å². The number of likely N-dealkylation sites (N-methyl/N-ethyl adjacent to an activating group) is 1. The molecule has 1 rings (SSSR count). The summed E-state index contributed by atoms with van der Waals surface area (Å²) in [5.74, 6) is 0. The van der Waals surface area contributed by atoms with Gasteiger partial charge in [0.2, 0.25) is 0 Å². The number of unbranched alkanes of at least 4 members (excludes halogenated alkanes) is 4. The Morgan fingerprint density at radius 1 is 1.17 bits per heavy atom. The van der Waals surface area contributed by atoms with Crippen molar-refractivity contribution in [2.45, 2.75) is 64.8 Å². The molecular weight excluding hydrogens is 220 g/mol. The molecule has 18 heavy (non-hydrogen) atoms. The molecule has 1 heterocycles. The van der Waals surface area contributed by atoms with E-state index in [1.54, 1.807) is 0 Å². The molecule has 0 saturated heterocycles. The van der Waals surface area contributed by atoms with Crippen LogP contribution in [0.25, 0.3) is 0 Å². The van der Waals surface area contributed by atoms with Crippen LogP contribution in [-0.2, 0) is 6.42 Å². The summed E-state index contributed by atoms with van der Waals surface area (Å²) < 4.78 is 0. The minimum atomic E-state index is 0.571. The van der Waals surface area contributed by atoms with E-state index in [2.05, 4.69) is 43.3 Å². The topological polar surface area (TPSA) is 24.9 Å². The molecule has 1 unspecified atom stereocenters. The van der Waals surface area contributed by atoms with Crippen molar-refractivity contribution in [3.8, 4) is 0 Å². The third-order valence-corrected chi connectivity index (χ3v) is 3.49. The SMILES string of the molecule is CCCCCCCC(Cc1ccc(C)cn1)NC. The monoisotopic (exact) mass is 248 g/mol. The first-order chi connectivity index (χ1) is 8.76. The third kappa shape index (κ3) is 6.15. The maximum atomic E-state index is 4.48. The molecule has 1 N–H and O–H groups in total. The predicted molar refractivity (Wildman–Crippen MR) is 78.9 cm³/mol. The van der Waals surface area contributed by atoms with Gasteiger partial charge in [-0.25, -0.2) is 0 Å². The lowest BCUT2D eigenvalue weighted by Crippen LogP contribution is -2.27. The molecule has 102 valence electrons. The third-order valence-electron chi connectivity index (χ3n) is 3.49. The van der Waals surface area contributed by atoms with Gasteiger partial charge in [0.25, 0.3) is 0 Å². The highest BCUT2D eigenvalue weighted by molar-refractivity contribution is 5.13. The second-order valence-electron chi connectivity index (χ2n) is 5.22. The van der Waals surface area contributed by atoms with Gasteiger partial charge in [-0.1, -0.05) is 45.1 Å². The molecule has 0 spiro atoms. The van der Waals surface area contributed by atoms with E-state index in [1.165, 1.54) is 49.8 Å². The molecule has 0 saturated carbocycles. The minimum absolute atomic E-state index is 0.571. The molecule has 1 aromatic rings. The van der Waals surface area contributed by atoms with Crippen LogP contribution in [0.4, 0.5) is 0 Å². The predicted octanol–water partition coefficient (Wildman–Crippen LogP) is 3.88. The number of hydrogen-bond donors (Lipinski definition) is 1. The maximum Gasteiger partial charge on any atom is 0.0419 e. The van der Waals surface area contributed by atoms with Crippen LogP contribution in [0.1, 0.15) is 56.7 Å². The first kappa shape index (κ1) is 15.2. The Hall–Kier alpha value is -0.890. The summed E-state index contributed by atoms with van der Waals surface area (Å²) in [5.41, 5.74) is 2.44. The Balaban J connectivity index is 2.26. The van der Waals surface area contributed by atoms with E-state index >= 15 is 0 Å². The van der Waals surface area contributed by atoms with E-state index in [9.17, 15) is 0 Å². The first-order valence-corrected chi connectivity index (χ1v) is 7.35. The average molecular weight is 248 g/mol. The molecule has 0 aliphatic heterocycles. The lowest BCUT2D eigenvalue weighted by Gasteiger charge is -2.15. The normalized spacial score (nSPS) is 12.6. The van der Waals surface area contributed by atoms with Crippen molar-refractivity contribution >= 4 is 0 Å². The molecule has 0 aliphatic rings. The quantitative estimate of drug-likeness (QED) is 0.671. The Labute approximate surface area is 112 Å². The van der Waals surface area contributed by atoms with Gasteiger partial charge in [-0.3, -0.25) is 4.98 Å². The fourth-order valence-corrected chi connectivity index (χ4v) is 2.21. The van der Waals surface area contributed by atoms with Crippen molar-refractivity contribution in [2.75, 3.05) is 7.05 Å². The summed E-state index contributed by atoms with van der Waals surface area (Å²) in [6.45, 7) is 4.35. The number of nitrogens with zero attached hydrogens (tertiary/aromatic N) is 1. The van der Waals surface area contributed by atoms with Crippen molar-refractivity contribution in [2.24, 2.45) is 0 Å². The highest BCUT2D eigenvalue weighted by Crippen LogP contribution is 2.10. The number of hydrogen-bond acceptors (Lipinski definition) is 2. The smallest absolute Gasteiger partial charge is 0.0419 e. The average Bonchev–Trinajstić information content (AvgIpc) is 2.39. The second-order valence-corrected chi connectivity index (χ2v) is 5.22. The van der Waals surface area contributed by atoms with Crippen LogP contribution < -0.4 is 5.32 Å². The number of rotatable bonds is 9. The molecule has 0 bridgehead atoms. The Morgan fingerprint density at radius 3 is 2.56 bits per heavy atom. The van der Waals surface area contributed by atoms with Gasteiger partial charge in [0.05, 0.1) is 0 Å². The van der Waals surface area contributed by atoms with E-state index in [1.807, 2.05) is 6.20 Å². The molecule has 2 heteroatoms. The summed E-state index contributed by atoms with van der Waals surface area (Å²) in [6.07, 6.45) is 11.1. The zero-order valence-electron chi connectivity index (χ0n) is 12.2. The Kier molecular flexibility index (Phi) is 7.66. The second kappa shape index (κ2) is 9.09. The van der Waals surface area contributed by atoms with Gasteiger partial charge in [0.15, 0.2) is 0 Å². The molecule has 0 aliphatic carbocycles. The Morgan fingerprint density at radius 2 is 1.94 bits per heavy atom. The number of pyridine rings is 1. The lowest BCUT2D eigenvalue weighted by molar-refractivity contribution is 0.478. The summed E-state index contributed by atoms with van der Waals surface area (Å²) in [6, 6.07) is 4.87. The molecule has 2 nitrogen and oxygen atoms in total.